The van der Waals surface area contributed by atoms with Crippen molar-refractivity contribution in [2.45, 2.75) is 84.0 Å². The zero-order valence-corrected chi connectivity index (χ0v) is 33.8. The van der Waals surface area contributed by atoms with Crippen molar-refractivity contribution in [3.05, 3.63) is 131 Å². The zero-order valence-electron chi connectivity index (χ0n) is 33.8. The van der Waals surface area contributed by atoms with Crippen molar-refractivity contribution in [2.75, 3.05) is 13.7 Å². The van der Waals surface area contributed by atoms with Crippen molar-refractivity contribution >= 4 is 23.8 Å². The molecule has 0 bridgehead atoms. The van der Waals surface area contributed by atoms with Crippen molar-refractivity contribution in [1.29, 1.82) is 0 Å². The average Bonchev–Trinajstić information content (AvgIpc) is 3.22. The van der Waals surface area contributed by atoms with Gasteiger partial charge in [-0.3, -0.25) is 19.7 Å². The fraction of sp³-hybridized carbons (Fsp3) is 0.378. The van der Waals surface area contributed by atoms with Gasteiger partial charge < -0.3 is 41.0 Å². The van der Waals surface area contributed by atoms with Gasteiger partial charge in [-0.25, -0.2) is 4.79 Å². The smallest absolute Gasteiger partial charge is 0.408 e. The highest BCUT2D eigenvalue weighted by atomic mass is 16.5. The molecule has 310 valence electrons. The molecule has 4 rings (SSSR count). The van der Waals surface area contributed by atoms with Gasteiger partial charge in [-0.05, 0) is 71.2 Å². The summed E-state index contributed by atoms with van der Waals surface area (Å²) in [6.45, 7) is 7.63. The van der Waals surface area contributed by atoms with E-state index in [1.807, 2.05) is 86.6 Å². The molecule has 4 aromatic carbocycles. The molecule has 4 aromatic rings. The van der Waals surface area contributed by atoms with Crippen LogP contribution in [-0.4, -0.2) is 78.0 Å². The normalized spacial score (nSPS) is 13.7. The fourth-order valence-electron chi connectivity index (χ4n) is 6.28. The third kappa shape index (κ3) is 14.2. The largest absolute Gasteiger partial charge is 0.508 e. The molecule has 0 saturated carbocycles. The molecule has 13 nitrogen and oxygen atoms in total. The number of ether oxygens (including phenoxy) is 2. The molecular formula is C45H57N5O8. The first-order valence-electron chi connectivity index (χ1n) is 19.6. The van der Waals surface area contributed by atoms with E-state index in [0.717, 1.165) is 22.3 Å². The highest BCUT2D eigenvalue weighted by molar-refractivity contribution is 5.90. The predicted octanol–water partition coefficient (Wildman–Crippen LogP) is 4.40. The monoisotopic (exact) mass is 795 g/mol. The molecule has 5 atom stereocenters. The van der Waals surface area contributed by atoms with Crippen LogP contribution in [0.2, 0.25) is 0 Å². The second-order valence-electron chi connectivity index (χ2n) is 14.9. The summed E-state index contributed by atoms with van der Waals surface area (Å²) in [4.78, 5) is 54.7. The number of hydrogen-bond donors (Lipinski definition) is 7. The molecule has 0 saturated heterocycles. The van der Waals surface area contributed by atoms with Crippen LogP contribution < -0.4 is 31.3 Å². The van der Waals surface area contributed by atoms with Crippen LogP contribution in [0, 0.1) is 11.8 Å². The standard InChI is InChI=1S/C45H57N5O8/c1-29(2)38(42(53)46-25-24-31-16-20-35(51)21-17-31)49-44(55)40(47-27-33-18-22-36(57-5)23-19-33)41(52)37(26-32-12-8-6-9-13-32)48-43(54)39(30(3)4)50-45(56)58-28-34-14-10-7-11-15-34/h6-23,29-30,37-41,47,51-52H,24-28H2,1-5H3,(H,46,53)(H,48,54)(H,49,55)(H,50,56)/t37-,38-,39-,40+,41+/m0/s1. The molecule has 0 unspecified atom stereocenters. The summed E-state index contributed by atoms with van der Waals surface area (Å²) in [5, 5.41) is 36.3. The molecule has 0 aliphatic heterocycles. The Balaban J connectivity index is 1.56. The Bertz CT molecular complexity index is 1880. The number of phenolic OH excluding ortho intramolecular Hbond substituents is 1. The molecule has 0 fully saturated rings. The van der Waals surface area contributed by atoms with E-state index in [1.165, 1.54) is 0 Å². The molecule has 0 aromatic heterocycles. The van der Waals surface area contributed by atoms with Crippen LogP contribution in [0.1, 0.15) is 49.9 Å². The predicted molar refractivity (Wildman–Crippen MR) is 222 cm³/mol. The number of nitrogens with one attached hydrogen (secondary N) is 5. The van der Waals surface area contributed by atoms with Crippen LogP contribution in [0.5, 0.6) is 11.5 Å². The Hall–Kier alpha value is -5.92. The Morgan fingerprint density at radius 1 is 0.621 bits per heavy atom. The zero-order chi connectivity index (χ0) is 42.0. The van der Waals surface area contributed by atoms with Crippen LogP contribution in [0.4, 0.5) is 4.79 Å². The number of benzene rings is 4. The Kier molecular flexibility index (Phi) is 17.6. The van der Waals surface area contributed by atoms with Gasteiger partial charge in [0.25, 0.3) is 0 Å². The van der Waals surface area contributed by atoms with Crippen LogP contribution in [0.25, 0.3) is 0 Å². The quantitative estimate of drug-likeness (QED) is 0.0642. The minimum atomic E-state index is -1.52. The van der Waals surface area contributed by atoms with E-state index >= 15 is 0 Å². The Labute approximate surface area is 340 Å². The summed E-state index contributed by atoms with van der Waals surface area (Å²) in [5.74, 6) is -1.52. The second-order valence-corrected chi connectivity index (χ2v) is 14.9. The van der Waals surface area contributed by atoms with E-state index in [4.69, 9.17) is 9.47 Å². The molecule has 13 heteroatoms. The number of carbonyl (C=O) groups excluding carboxylic acids is 4. The third-order valence-corrected chi connectivity index (χ3v) is 9.68. The van der Waals surface area contributed by atoms with Crippen molar-refractivity contribution in [3.63, 3.8) is 0 Å². The molecule has 0 radical (unpaired) electrons. The fourth-order valence-corrected chi connectivity index (χ4v) is 6.28. The number of amides is 4. The van der Waals surface area contributed by atoms with Crippen molar-refractivity contribution < 1.29 is 38.9 Å². The molecule has 0 aliphatic carbocycles. The molecule has 4 amide bonds. The lowest BCUT2D eigenvalue weighted by atomic mass is 9.93. The number of carbonyl (C=O) groups is 4. The minimum Gasteiger partial charge on any atom is -0.508 e. The van der Waals surface area contributed by atoms with Gasteiger partial charge in [0, 0.05) is 13.1 Å². The molecular weight excluding hydrogens is 739 g/mol. The Morgan fingerprint density at radius 3 is 1.76 bits per heavy atom. The maximum absolute atomic E-state index is 14.3. The van der Waals surface area contributed by atoms with E-state index in [1.54, 1.807) is 57.4 Å². The number of aliphatic hydroxyl groups is 1. The minimum absolute atomic E-state index is 0.0128. The average molecular weight is 796 g/mol. The second kappa shape index (κ2) is 22.7. The molecule has 0 spiro atoms. The van der Waals surface area contributed by atoms with Crippen molar-refractivity contribution in [3.8, 4) is 11.5 Å². The highest BCUT2D eigenvalue weighted by Crippen LogP contribution is 2.16. The van der Waals surface area contributed by atoms with E-state index in [2.05, 4.69) is 26.6 Å². The van der Waals surface area contributed by atoms with Crippen LogP contribution in [0.3, 0.4) is 0 Å². The highest BCUT2D eigenvalue weighted by Gasteiger charge is 2.38. The van der Waals surface area contributed by atoms with E-state index in [0.29, 0.717) is 18.7 Å². The summed E-state index contributed by atoms with van der Waals surface area (Å²) < 4.78 is 10.7. The summed E-state index contributed by atoms with van der Waals surface area (Å²) in [5.41, 5.74) is 3.28. The van der Waals surface area contributed by atoms with Gasteiger partial charge in [-0.2, -0.15) is 0 Å². The number of aromatic hydroxyl groups is 1. The van der Waals surface area contributed by atoms with Gasteiger partial charge in [-0.15, -0.1) is 0 Å². The lowest BCUT2D eigenvalue weighted by Gasteiger charge is -2.33. The first-order valence-corrected chi connectivity index (χ1v) is 19.6. The number of methoxy groups -OCH3 is 1. The lowest BCUT2D eigenvalue weighted by molar-refractivity contribution is -0.133. The van der Waals surface area contributed by atoms with Gasteiger partial charge in [0.05, 0.1) is 19.3 Å². The third-order valence-electron chi connectivity index (χ3n) is 9.68. The topological polar surface area (TPSA) is 187 Å². The first kappa shape index (κ1) is 44.8. The number of aliphatic hydroxyl groups excluding tert-OH is 1. The van der Waals surface area contributed by atoms with Gasteiger partial charge in [0.1, 0.15) is 36.2 Å². The summed E-state index contributed by atoms with van der Waals surface area (Å²) >= 11 is 0. The number of rotatable bonds is 21. The van der Waals surface area contributed by atoms with Crippen LogP contribution in [0.15, 0.2) is 109 Å². The number of phenols is 1. The van der Waals surface area contributed by atoms with Gasteiger partial charge in [-0.1, -0.05) is 113 Å². The maximum Gasteiger partial charge on any atom is 0.408 e. The Morgan fingerprint density at radius 2 is 1.17 bits per heavy atom. The number of hydrogen-bond acceptors (Lipinski definition) is 9. The van der Waals surface area contributed by atoms with Gasteiger partial charge >= 0.3 is 6.09 Å². The summed E-state index contributed by atoms with van der Waals surface area (Å²) in [6.07, 6.45) is -1.66. The lowest BCUT2D eigenvalue weighted by Crippen LogP contribution is -2.63. The SMILES string of the molecule is COc1ccc(CN[C@@H](C(=O)N[C@H](C(=O)NCCc2ccc(O)cc2)C(C)C)[C@H](O)[C@H](Cc2ccccc2)NC(=O)[C@@H](NC(=O)OCc2ccccc2)C(C)C)cc1. The van der Waals surface area contributed by atoms with Gasteiger partial charge in [0.2, 0.25) is 17.7 Å². The summed E-state index contributed by atoms with van der Waals surface area (Å²) in [6, 6.07) is 27.9. The molecule has 7 N–H and O–H groups in total. The van der Waals surface area contributed by atoms with Crippen molar-refractivity contribution in [1.82, 2.24) is 26.6 Å². The van der Waals surface area contributed by atoms with Crippen molar-refractivity contribution in [2.24, 2.45) is 11.8 Å². The van der Waals surface area contributed by atoms with Crippen LogP contribution >= 0.6 is 0 Å². The summed E-state index contributed by atoms with van der Waals surface area (Å²) in [7, 11) is 1.56. The molecule has 0 aliphatic rings. The van der Waals surface area contributed by atoms with E-state index < -0.39 is 54.1 Å². The van der Waals surface area contributed by atoms with E-state index in [-0.39, 0.29) is 37.2 Å². The van der Waals surface area contributed by atoms with Gasteiger partial charge in [0.15, 0.2) is 0 Å². The number of alkyl carbamates (subject to hydrolysis) is 1. The maximum atomic E-state index is 14.3. The molecule has 58 heavy (non-hydrogen) atoms. The van der Waals surface area contributed by atoms with E-state index in [9.17, 15) is 29.4 Å². The molecule has 0 heterocycles. The van der Waals surface area contributed by atoms with Crippen LogP contribution in [-0.2, 0) is 45.1 Å². The first-order chi connectivity index (χ1) is 27.8.